The standard InChI is InChI=1S/C31H40O16/c1-12(8-14-4-6-17(16(32)10-14)44-30-24(37)20(33)22(35)26(46-30)28(39)40)13(2)9-15-5-7-18(43-3)19(11-15)45-31-25(38)21(34)23(36)27(47-31)29(41)42/h4-7,10-13,20-27,30-38H,8-9H2,1-3H3,(H,39,40)(H,41,42)/t12-,13+,20+,21+,22+,23+,24-,25-,26+,27+,30-,31-/m1/s1. The van der Waals surface area contributed by atoms with Gasteiger partial charge in [0, 0.05) is 0 Å². The Morgan fingerprint density at radius 2 is 1.09 bits per heavy atom. The lowest BCUT2D eigenvalue weighted by Crippen LogP contribution is -2.61. The third-order valence-corrected chi connectivity index (χ3v) is 8.45. The summed E-state index contributed by atoms with van der Waals surface area (Å²) in [6.45, 7) is 4.01. The second kappa shape index (κ2) is 15.0. The molecule has 47 heavy (non-hydrogen) atoms. The third-order valence-electron chi connectivity index (χ3n) is 8.45. The highest BCUT2D eigenvalue weighted by Crippen LogP contribution is 2.35. The van der Waals surface area contributed by atoms with Crippen molar-refractivity contribution in [2.45, 2.75) is 88.1 Å². The molecule has 4 rings (SSSR count). The van der Waals surface area contributed by atoms with E-state index in [9.17, 15) is 55.5 Å². The molecule has 0 bridgehead atoms. The van der Waals surface area contributed by atoms with Gasteiger partial charge in [-0.2, -0.15) is 0 Å². The van der Waals surface area contributed by atoms with E-state index in [2.05, 4.69) is 0 Å². The van der Waals surface area contributed by atoms with Crippen molar-refractivity contribution >= 4 is 11.9 Å². The minimum absolute atomic E-state index is 0.0561. The Morgan fingerprint density at radius 3 is 1.51 bits per heavy atom. The predicted molar refractivity (Wildman–Crippen MR) is 157 cm³/mol. The summed E-state index contributed by atoms with van der Waals surface area (Å²) >= 11 is 0. The van der Waals surface area contributed by atoms with Crippen molar-refractivity contribution in [3.8, 4) is 23.0 Å². The number of carbonyl (C=O) groups is 2. The number of phenolic OH excluding ortho intramolecular Hbond substituents is 1. The molecule has 2 saturated heterocycles. The van der Waals surface area contributed by atoms with Crippen LogP contribution < -0.4 is 14.2 Å². The van der Waals surface area contributed by atoms with Crippen LogP contribution in [-0.4, -0.2) is 126 Å². The Balaban J connectivity index is 1.40. The van der Waals surface area contributed by atoms with Gasteiger partial charge in [-0.15, -0.1) is 0 Å². The van der Waals surface area contributed by atoms with Crippen LogP contribution in [0.5, 0.6) is 23.0 Å². The summed E-state index contributed by atoms with van der Waals surface area (Å²) in [5, 5.41) is 89.6. The first-order valence-corrected chi connectivity index (χ1v) is 14.8. The number of phenols is 1. The van der Waals surface area contributed by atoms with Crippen LogP contribution in [0.2, 0.25) is 0 Å². The first kappa shape index (κ1) is 36.1. The van der Waals surface area contributed by atoms with Gasteiger partial charge in [0.1, 0.15) is 36.6 Å². The van der Waals surface area contributed by atoms with E-state index in [-0.39, 0.29) is 34.8 Å². The maximum atomic E-state index is 11.5. The van der Waals surface area contributed by atoms with Crippen LogP contribution in [0.15, 0.2) is 36.4 Å². The molecule has 0 aliphatic carbocycles. The molecule has 2 aliphatic heterocycles. The average molecular weight is 669 g/mol. The Kier molecular flexibility index (Phi) is 11.5. The van der Waals surface area contributed by atoms with E-state index in [1.165, 1.54) is 19.2 Å². The van der Waals surface area contributed by atoms with E-state index in [4.69, 9.17) is 23.7 Å². The van der Waals surface area contributed by atoms with Gasteiger partial charge in [-0.3, -0.25) is 0 Å². The fourth-order valence-electron chi connectivity index (χ4n) is 5.42. The molecule has 2 fully saturated rings. The van der Waals surface area contributed by atoms with E-state index in [0.717, 1.165) is 11.1 Å². The Labute approximate surface area is 268 Å². The molecule has 12 atom stereocenters. The van der Waals surface area contributed by atoms with Crippen LogP contribution in [0, 0.1) is 11.8 Å². The van der Waals surface area contributed by atoms with Gasteiger partial charge in [0.15, 0.2) is 35.2 Å². The minimum atomic E-state index is -1.88. The smallest absolute Gasteiger partial charge is 0.335 e. The van der Waals surface area contributed by atoms with Crippen molar-refractivity contribution in [3.63, 3.8) is 0 Å². The largest absolute Gasteiger partial charge is 0.504 e. The van der Waals surface area contributed by atoms with Crippen LogP contribution in [-0.2, 0) is 31.9 Å². The second-order valence-corrected chi connectivity index (χ2v) is 11.9. The lowest BCUT2D eigenvalue weighted by Gasteiger charge is -2.38. The molecular weight excluding hydrogens is 628 g/mol. The van der Waals surface area contributed by atoms with Crippen molar-refractivity contribution < 1.29 is 79.2 Å². The van der Waals surface area contributed by atoms with Crippen LogP contribution in [0.3, 0.4) is 0 Å². The van der Waals surface area contributed by atoms with Gasteiger partial charge in [-0.25, -0.2) is 9.59 Å². The number of hydrogen-bond acceptors (Lipinski definition) is 14. The fourth-order valence-corrected chi connectivity index (χ4v) is 5.42. The molecule has 16 nitrogen and oxygen atoms in total. The molecule has 2 aromatic rings. The third kappa shape index (κ3) is 8.05. The zero-order valence-electron chi connectivity index (χ0n) is 25.7. The molecule has 0 radical (unpaired) electrons. The number of carboxylic acids is 2. The minimum Gasteiger partial charge on any atom is -0.504 e. The number of carboxylic acid groups (broad SMARTS) is 2. The topological polar surface area (TPSA) is 262 Å². The first-order valence-electron chi connectivity index (χ1n) is 14.8. The Morgan fingerprint density at radius 1 is 0.660 bits per heavy atom. The highest BCUT2D eigenvalue weighted by Gasteiger charge is 2.49. The summed E-state index contributed by atoms with van der Waals surface area (Å²) in [4.78, 5) is 22.8. The highest BCUT2D eigenvalue weighted by molar-refractivity contribution is 5.74. The molecule has 2 aliphatic rings. The maximum absolute atomic E-state index is 11.5. The van der Waals surface area contributed by atoms with E-state index < -0.39 is 73.4 Å². The molecule has 2 aromatic carbocycles. The number of aromatic hydroxyl groups is 1. The number of methoxy groups -OCH3 is 1. The zero-order chi connectivity index (χ0) is 34.7. The van der Waals surface area contributed by atoms with Crippen molar-refractivity contribution in [3.05, 3.63) is 47.5 Å². The van der Waals surface area contributed by atoms with E-state index in [0.29, 0.717) is 12.8 Å². The summed E-state index contributed by atoms with van der Waals surface area (Å²) in [6.07, 6.45) is -16.9. The molecule has 2 heterocycles. The van der Waals surface area contributed by atoms with Gasteiger partial charge in [0.05, 0.1) is 7.11 Å². The normalized spacial score (nSPS) is 32.2. The quantitative estimate of drug-likeness (QED) is 0.131. The van der Waals surface area contributed by atoms with Crippen molar-refractivity contribution in [1.29, 1.82) is 0 Å². The highest BCUT2D eigenvalue weighted by atomic mass is 16.7. The van der Waals surface area contributed by atoms with Crippen LogP contribution in [0.25, 0.3) is 0 Å². The molecular formula is C31H40O16. The van der Waals surface area contributed by atoms with E-state index in [1.807, 2.05) is 13.8 Å². The number of benzene rings is 2. The van der Waals surface area contributed by atoms with Crippen molar-refractivity contribution in [2.24, 2.45) is 11.8 Å². The van der Waals surface area contributed by atoms with Crippen molar-refractivity contribution in [2.75, 3.05) is 7.11 Å². The number of aliphatic hydroxyl groups is 6. The van der Waals surface area contributed by atoms with Crippen LogP contribution in [0.4, 0.5) is 0 Å². The van der Waals surface area contributed by atoms with Gasteiger partial charge < -0.3 is 69.6 Å². The zero-order valence-corrected chi connectivity index (χ0v) is 25.7. The number of aliphatic hydroxyl groups excluding tert-OH is 6. The second-order valence-electron chi connectivity index (χ2n) is 11.9. The average Bonchev–Trinajstić information content (AvgIpc) is 3.02. The number of rotatable bonds is 12. The first-order chi connectivity index (χ1) is 22.1. The van der Waals surface area contributed by atoms with Gasteiger partial charge >= 0.3 is 11.9 Å². The molecule has 0 aromatic heterocycles. The van der Waals surface area contributed by atoms with Gasteiger partial charge in [-0.05, 0) is 60.1 Å². The summed E-state index contributed by atoms with van der Waals surface area (Å²) in [5.74, 6) is -3.08. The number of hydrogen-bond donors (Lipinski definition) is 9. The summed E-state index contributed by atoms with van der Waals surface area (Å²) in [6, 6.07) is 9.58. The molecule has 9 N–H and O–H groups in total. The van der Waals surface area contributed by atoms with E-state index in [1.54, 1.807) is 24.3 Å². The van der Waals surface area contributed by atoms with Gasteiger partial charge in [-0.1, -0.05) is 26.0 Å². The van der Waals surface area contributed by atoms with Gasteiger partial charge in [0.2, 0.25) is 12.6 Å². The molecule has 0 saturated carbocycles. The predicted octanol–water partition coefficient (Wildman–Crippen LogP) is -1.000. The van der Waals surface area contributed by atoms with Crippen molar-refractivity contribution in [1.82, 2.24) is 0 Å². The van der Waals surface area contributed by atoms with Gasteiger partial charge in [0.25, 0.3) is 0 Å². The number of aliphatic carboxylic acids is 2. The molecule has 16 heteroatoms. The lowest BCUT2D eigenvalue weighted by molar-refractivity contribution is -0.271. The SMILES string of the molecule is COc1ccc(C[C@H](C)[C@H](C)Cc2ccc(O[C@@H]3O[C@H](C(=O)O)[C@@H](O)[C@H](O)[C@H]3O)c(O)c2)cc1O[C@@H]1O[C@H](C(=O)O)[C@@H](O)[C@H](O)[C@H]1O. The summed E-state index contributed by atoms with van der Waals surface area (Å²) in [5.41, 5.74) is 1.53. The Bertz CT molecular complexity index is 1400. The molecule has 0 amide bonds. The maximum Gasteiger partial charge on any atom is 0.335 e. The monoisotopic (exact) mass is 668 g/mol. The summed E-state index contributed by atoms with van der Waals surface area (Å²) in [7, 11) is 1.39. The van der Waals surface area contributed by atoms with E-state index >= 15 is 0 Å². The van der Waals surface area contributed by atoms with Crippen LogP contribution in [0.1, 0.15) is 25.0 Å². The number of ether oxygens (including phenoxy) is 5. The molecule has 260 valence electrons. The Hall–Kier alpha value is -3.74. The lowest BCUT2D eigenvalue weighted by atomic mass is 9.85. The molecule has 0 unspecified atom stereocenters. The van der Waals surface area contributed by atoms with Crippen LogP contribution >= 0.6 is 0 Å². The molecule has 0 spiro atoms. The summed E-state index contributed by atoms with van der Waals surface area (Å²) < 4.78 is 26.8. The fraction of sp³-hybridized carbons (Fsp3) is 0.548.